The van der Waals surface area contributed by atoms with Gasteiger partial charge in [-0.2, -0.15) is 0 Å². The molecule has 106 valence electrons. The summed E-state index contributed by atoms with van der Waals surface area (Å²) in [5.41, 5.74) is 4.75. The number of hydrogen-bond acceptors (Lipinski definition) is 1. The van der Waals surface area contributed by atoms with Gasteiger partial charge in [-0.25, -0.2) is 0 Å². The first-order chi connectivity index (χ1) is 10.1. The average Bonchev–Trinajstić information content (AvgIpc) is 2.94. The van der Waals surface area contributed by atoms with Crippen LogP contribution < -0.4 is 0 Å². The molecule has 2 nitrogen and oxygen atoms in total. The van der Waals surface area contributed by atoms with Crippen LogP contribution in [-0.4, -0.2) is 26.7 Å². The molecule has 0 fully saturated rings. The van der Waals surface area contributed by atoms with Crippen molar-refractivity contribution in [2.75, 3.05) is 0 Å². The van der Waals surface area contributed by atoms with Crippen molar-refractivity contribution in [3.05, 3.63) is 66.7 Å². The first kappa shape index (κ1) is 14.4. The molecule has 2 aromatic carbocycles. The first-order valence-electron chi connectivity index (χ1n) is 7.27. The number of aromatic nitrogens is 2. The Bertz CT molecular complexity index is 725. The summed E-state index contributed by atoms with van der Waals surface area (Å²) in [6.45, 7) is 0. The Labute approximate surface area is 130 Å². The van der Waals surface area contributed by atoms with E-state index in [2.05, 4.69) is 78.4 Å². The molecule has 0 spiro atoms. The molecule has 0 N–H and O–H groups in total. The van der Waals surface area contributed by atoms with Crippen LogP contribution in [0.5, 0.6) is 0 Å². The monoisotopic (exact) mass is 384 g/mol. The van der Waals surface area contributed by atoms with Gasteiger partial charge in [-0.15, -0.1) is 0 Å². The number of benzene rings is 2. The fraction of sp³-hybridized carbons (Fsp3) is 0.167. The summed E-state index contributed by atoms with van der Waals surface area (Å²) < 4.78 is 2.33. The van der Waals surface area contributed by atoms with E-state index in [1.54, 1.807) is 0 Å². The SMILES string of the molecule is [CH3][Sn]([CH3])([CH3])[n]1nc(-c2ccccc2)cc1-c1ccccc1. The zero-order valence-electron chi connectivity index (χ0n) is 12.7. The Hall–Kier alpha value is -1.55. The quantitative estimate of drug-likeness (QED) is 0.589. The van der Waals surface area contributed by atoms with Crippen molar-refractivity contribution < 1.29 is 0 Å². The molecule has 0 bridgehead atoms. The van der Waals surface area contributed by atoms with E-state index in [-0.39, 0.29) is 0 Å². The van der Waals surface area contributed by atoms with Gasteiger partial charge in [-0.05, 0) is 0 Å². The molecular weight excluding hydrogens is 363 g/mol. The zero-order chi connectivity index (χ0) is 14.9. The van der Waals surface area contributed by atoms with Gasteiger partial charge in [0, 0.05) is 0 Å². The van der Waals surface area contributed by atoms with E-state index in [1.807, 2.05) is 6.07 Å². The molecule has 3 rings (SSSR count). The van der Waals surface area contributed by atoms with Crippen LogP contribution in [0.2, 0.25) is 14.8 Å². The van der Waals surface area contributed by atoms with E-state index in [0.29, 0.717) is 0 Å². The molecule has 3 heteroatoms. The van der Waals surface area contributed by atoms with Crippen molar-refractivity contribution in [3.63, 3.8) is 0 Å². The van der Waals surface area contributed by atoms with Gasteiger partial charge in [-0.1, -0.05) is 0 Å². The molecule has 0 aliphatic rings. The molecule has 0 aliphatic carbocycles. The Morgan fingerprint density at radius 1 is 0.762 bits per heavy atom. The van der Waals surface area contributed by atoms with E-state index in [9.17, 15) is 0 Å². The van der Waals surface area contributed by atoms with Gasteiger partial charge in [0.2, 0.25) is 0 Å². The van der Waals surface area contributed by atoms with Crippen molar-refractivity contribution in [3.8, 4) is 22.5 Å². The number of hydrogen-bond donors (Lipinski definition) is 0. The number of nitrogens with zero attached hydrogens (tertiary/aromatic N) is 2. The predicted molar refractivity (Wildman–Crippen MR) is 91.8 cm³/mol. The van der Waals surface area contributed by atoms with Crippen LogP contribution in [0.15, 0.2) is 66.7 Å². The van der Waals surface area contributed by atoms with Crippen molar-refractivity contribution in [2.45, 2.75) is 14.8 Å². The van der Waals surface area contributed by atoms with Crippen LogP contribution in [0, 0.1) is 0 Å². The van der Waals surface area contributed by atoms with E-state index in [4.69, 9.17) is 5.10 Å². The van der Waals surface area contributed by atoms with Crippen molar-refractivity contribution in [1.82, 2.24) is 8.00 Å². The fourth-order valence-electron chi connectivity index (χ4n) is 2.46. The molecule has 3 aromatic rings. The van der Waals surface area contributed by atoms with Gasteiger partial charge in [0.15, 0.2) is 0 Å². The summed E-state index contributed by atoms with van der Waals surface area (Å²) in [6, 6.07) is 23.2. The van der Waals surface area contributed by atoms with E-state index in [0.717, 1.165) is 5.69 Å². The zero-order valence-corrected chi connectivity index (χ0v) is 15.6. The first-order valence-corrected chi connectivity index (χ1v) is 17.1. The summed E-state index contributed by atoms with van der Waals surface area (Å²) in [5, 5.41) is 4.94. The van der Waals surface area contributed by atoms with Gasteiger partial charge in [0.05, 0.1) is 0 Å². The molecule has 0 saturated heterocycles. The molecule has 0 unspecified atom stereocenters. The Kier molecular flexibility index (Phi) is 3.89. The molecule has 0 radical (unpaired) electrons. The molecule has 0 saturated carbocycles. The Morgan fingerprint density at radius 3 is 1.81 bits per heavy atom. The van der Waals surface area contributed by atoms with Gasteiger partial charge < -0.3 is 0 Å². The van der Waals surface area contributed by atoms with Crippen LogP contribution in [0.4, 0.5) is 0 Å². The summed E-state index contributed by atoms with van der Waals surface area (Å²) in [6.07, 6.45) is 0. The summed E-state index contributed by atoms with van der Waals surface area (Å²) >= 11 is -2.34. The van der Waals surface area contributed by atoms with Gasteiger partial charge >= 0.3 is 131 Å². The molecule has 1 aromatic heterocycles. The molecule has 0 atom stereocenters. The Balaban J connectivity index is 2.17. The minimum atomic E-state index is -2.34. The van der Waals surface area contributed by atoms with E-state index in [1.165, 1.54) is 16.8 Å². The van der Waals surface area contributed by atoms with E-state index >= 15 is 0 Å². The predicted octanol–water partition coefficient (Wildman–Crippen LogP) is 4.90. The van der Waals surface area contributed by atoms with Crippen molar-refractivity contribution in [1.29, 1.82) is 0 Å². The second kappa shape index (κ2) is 5.68. The van der Waals surface area contributed by atoms with Crippen LogP contribution in [0.3, 0.4) is 0 Å². The molecule has 1 heterocycles. The van der Waals surface area contributed by atoms with Crippen LogP contribution in [0.1, 0.15) is 0 Å². The van der Waals surface area contributed by atoms with Crippen molar-refractivity contribution >= 4 is 18.7 Å². The molecular formula is C18H20N2Sn. The van der Waals surface area contributed by atoms with E-state index < -0.39 is 18.7 Å². The Morgan fingerprint density at radius 2 is 1.29 bits per heavy atom. The average molecular weight is 383 g/mol. The second-order valence-electron chi connectivity index (χ2n) is 6.23. The third-order valence-electron chi connectivity index (χ3n) is 3.48. The van der Waals surface area contributed by atoms with Crippen LogP contribution in [-0.2, 0) is 0 Å². The summed E-state index contributed by atoms with van der Waals surface area (Å²) in [5.74, 6) is 0. The fourth-order valence-corrected chi connectivity index (χ4v) is 6.24. The third-order valence-corrected chi connectivity index (χ3v) is 8.08. The van der Waals surface area contributed by atoms with Crippen LogP contribution >= 0.6 is 0 Å². The molecule has 0 amide bonds. The summed E-state index contributed by atoms with van der Waals surface area (Å²) in [7, 11) is 0. The van der Waals surface area contributed by atoms with Crippen molar-refractivity contribution in [2.24, 2.45) is 0 Å². The number of rotatable bonds is 3. The topological polar surface area (TPSA) is 17.8 Å². The molecule has 21 heavy (non-hydrogen) atoms. The van der Waals surface area contributed by atoms with Gasteiger partial charge in [0.1, 0.15) is 0 Å². The molecule has 0 aliphatic heterocycles. The maximum atomic E-state index is 4.94. The maximum absolute atomic E-state index is 4.94. The normalized spacial score (nSPS) is 11.6. The second-order valence-corrected chi connectivity index (χ2v) is 19.8. The van der Waals surface area contributed by atoms with Crippen LogP contribution in [0.25, 0.3) is 22.5 Å². The minimum absolute atomic E-state index is 1.07. The van der Waals surface area contributed by atoms with Gasteiger partial charge in [-0.3, -0.25) is 0 Å². The van der Waals surface area contributed by atoms with Gasteiger partial charge in [0.25, 0.3) is 0 Å². The standard InChI is InChI=1S/C15H11N2.3CH3.Sn/c1-3-7-12(8-4-1)14-11-15(17-16-14)13-9-5-2-6-10-13;;;;/h1-11H;3*1H3;/q-1;;;;+1. The third kappa shape index (κ3) is 3.05. The summed E-state index contributed by atoms with van der Waals surface area (Å²) in [4.78, 5) is 7.18.